The Morgan fingerprint density at radius 2 is 1.67 bits per heavy atom. The van der Waals surface area contributed by atoms with Gasteiger partial charge in [0.1, 0.15) is 0 Å². The van der Waals surface area contributed by atoms with Crippen LogP contribution in [0.5, 0.6) is 0 Å². The van der Waals surface area contributed by atoms with Gasteiger partial charge in [-0.05, 0) is 18.1 Å². The highest BCUT2D eigenvalue weighted by Gasteiger charge is 2.09. The van der Waals surface area contributed by atoms with Gasteiger partial charge in [0.05, 0.1) is 26.1 Å². The van der Waals surface area contributed by atoms with Gasteiger partial charge >= 0.3 is 11.9 Å². The van der Waals surface area contributed by atoms with E-state index >= 15 is 0 Å². The Labute approximate surface area is 133 Å². The Morgan fingerprint density at radius 3 is 2.29 bits per heavy atom. The summed E-state index contributed by atoms with van der Waals surface area (Å²) in [5.41, 5.74) is 1.09. The third-order valence-corrected chi connectivity index (χ3v) is 3.66. The van der Waals surface area contributed by atoms with Crippen LogP contribution in [0, 0.1) is 0 Å². The van der Waals surface area contributed by atoms with Crippen molar-refractivity contribution < 1.29 is 19.1 Å². The molecule has 1 aromatic carbocycles. The normalized spacial score (nSPS) is 10.2. The molecule has 21 heavy (non-hydrogen) atoms. The molecule has 0 aliphatic heterocycles. The lowest BCUT2D eigenvalue weighted by Gasteiger charge is -2.06. The van der Waals surface area contributed by atoms with Gasteiger partial charge in [0.2, 0.25) is 0 Å². The highest BCUT2D eigenvalue weighted by atomic mass is 79.9. The second kappa shape index (κ2) is 10.4. The number of rotatable bonds is 9. The SMILES string of the molecule is CCCCOC(=O)CCC(=O)OCCc1ccccc1Br. The summed E-state index contributed by atoms with van der Waals surface area (Å²) < 4.78 is 11.1. The third-order valence-electron chi connectivity index (χ3n) is 2.89. The highest BCUT2D eigenvalue weighted by molar-refractivity contribution is 9.10. The summed E-state index contributed by atoms with van der Waals surface area (Å²) in [5, 5.41) is 0. The zero-order chi connectivity index (χ0) is 15.5. The molecule has 0 amide bonds. The Balaban J connectivity index is 2.14. The lowest BCUT2D eigenvalue weighted by molar-refractivity contribution is -0.150. The second-order valence-electron chi connectivity index (χ2n) is 4.64. The first kappa shape index (κ1) is 17.7. The minimum atomic E-state index is -0.366. The van der Waals surface area contributed by atoms with Gasteiger partial charge < -0.3 is 9.47 Å². The van der Waals surface area contributed by atoms with Gasteiger partial charge in [-0.2, -0.15) is 0 Å². The van der Waals surface area contributed by atoms with Crippen molar-refractivity contribution in [2.24, 2.45) is 0 Å². The van der Waals surface area contributed by atoms with E-state index in [1.807, 2.05) is 31.2 Å². The number of esters is 2. The van der Waals surface area contributed by atoms with Crippen molar-refractivity contribution in [1.29, 1.82) is 0 Å². The molecule has 0 aromatic heterocycles. The zero-order valence-electron chi connectivity index (χ0n) is 12.3. The number of carbonyl (C=O) groups excluding carboxylic acids is 2. The molecule has 116 valence electrons. The summed E-state index contributed by atoms with van der Waals surface area (Å²) in [5.74, 6) is -0.708. The van der Waals surface area contributed by atoms with Gasteiger partial charge in [-0.15, -0.1) is 0 Å². The van der Waals surface area contributed by atoms with E-state index < -0.39 is 0 Å². The molecule has 1 aromatic rings. The predicted molar refractivity (Wildman–Crippen MR) is 83.9 cm³/mol. The first-order chi connectivity index (χ1) is 10.1. The van der Waals surface area contributed by atoms with Crippen LogP contribution in [0.3, 0.4) is 0 Å². The largest absolute Gasteiger partial charge is 0.466 e. The maximum Gasteiger partial charge on any atom is 0.306 e. The summed E-state index contributed by atoms with van der Waals surface area (Å²) in [7, 11) is 0. The number of hydrogen-bond donors (Lipinski definition) is 0. The molecule has 0 saturated carbocycles. The van der Waals surface area contributed by atoms with Gasteiger partial charge in [0, 0.05) is 10.9 Å². The first-order valence-corrected chi connectivity index (χ1v) is 7.97. The lowest BCUT2D eigenvalue weighted by Crippen LogP contribution is -2.12. The minimum absolute atomic E-state index is 0.0704. The van der Waals surface area contributed by atoms with E-state index in [-0.39, 0.29) is 24.8 Å². The molecule has 0 heterocycles. The fourth-order valence-electron chi connectivity index (χ4n) is 1.65. The van der Waals surface area contributed by atoms with Crippen molar-refractivity contribution in [3.05, 3.63) is 34.3 Å². The average molecular weight is 357 g/mol. The topological polar surface area (TPSA) is 52.6 Å². The molecule has 0 N–H and O–H groups in total. The van der Waals surface area contributed by atoms with Crippen molar-refractivity contribution in [2.45, 2.75) is 39.0 Å². The molecular formula is C16H21BrO4. The van der Waals surface area contributed by atoms with Crippen molar-refractivity contribution in [2.75, 3.05) is 13.2 Å². The van der Waals surface area contributed by atoms with E-state index in [9.17, 15) is 9.59 Å². The number of benzene rings is 1. The molecule has 0 unspecified atom stereocenters. The number of ether oxygens (including phenoxy) is 2. The Kier molecular flexibility index (Phi) is 8.74. The summed E-state index contributed by atoms with van der Waals surface area (Å²) in [6, 6.07) is 7.80. The summed E-state index contributed by atoms with van der Waals surface area (Å²) in [6.07, 6.45) is 2.62. The van der Waals surface area contributed by atoms with Gasteiger partial charge in [-0.3, -0.25) is 9.59 Å². The van der Waals surface area contributed by atoms with E-state index in [4.69, 9.17) is 9.47 Å². The van der Waals surface area contributed by atoms with Crippen LogP contribution in [0.15, 0.2) is 28.7 Å². The molecule has 0 aliphatic carbocycles. The fraction of sp³-hybridized carbons (Fsp3) is 0.500. The standard InChI is InChI=1S/C16H21BrO4/c1-2-3-11-20-15(18)8-9-16(19)21-12-10-13-6-4-5-7-14(13)17/h4-7H,2-3,8-12H2,1H3. The van der Waals surface area contributed by atoms with Crippen LogP contribution in [-0.4, -0.2) is 25.2 Å². The van der Waals surface area contributed by atoms with Crippen molar-refractivity contribution in [1.82, 2.24) is 0 Å². The second-order valence-corrected chi connectivity index (χ2v) is 5.49. The monoisotopic (exact) mass is 356 g/mol. The molecule has 0 radical (unpaired) electrons. The van der Waals surface area contributed by atoms with E-state index in [2.05, 4.69) is 15.9 Å². The third kappa shape index (κ3) is 7.85. The number of carbonyl (C=O) groups is 2. The summed E-state index contributed by atoms with van der Waals surface area (Å²) >= 11 is 3.44. The number of hydrogen-bond acceptors (Lipinski definition) is 4. The van der Waals surface area contributed by atoms with Crippen LogP contribution in [0.4, 0.5) is 0 Å². The highest BCUT2D eigenvalue weighted by Crippen LogP contribution is 2.16. The quantitative estimate of drug-likeness (QED) is 0.500. The molecule has 0 fully saturated rings. The van der Waals surface area contributed by atoms with E-state index in [1.54, 1.807) is 0 Å². The smallest absolute Gasteiger partial charge is 0.306 e. The maximum absolute atomic E-state index is 11.5. The van der Waals surface area contributed by atoms with E-state index in [0.717, 1.165) is 22.9 Å². The molecule has 5 heteroatoms. The Morgan fingerprint density at radius 1 is 1.05 bits per heavy atom. The van der Waals surface area contributed by atoms with E-state index in [1.165, 1.54) is 0 Å². The van der Waals surface area contributed by atoms with Crippen molar-refractivity contribution in [3.63, 3.8) is 0 Å². The minimum Gasteiger partial charge on any atom is -0.466 e. The van der Waals surface area contributed by atoms with Gasteiger partial charge in [-0.25, -0.2) is 0 Å². The summed E-state index contributed by atoms with van der Waals surface area (Å²) in [6.45, 7) is 2.76. The van der Waals surface area contributed by atoms with E-state index in [0.29, 0.717) is 19.6 Å². The van der Waals surface area contributed by atoms with Crippen LogP contribution in [0.2, 0.25) is 0 Å². The molecular weight excluding hydrogens is 336 g/mol. The predicted octanol–water partition coefficient (Wildman–Crippen LogP) is 3.66. The van der Waals surface area contributed by atoms with Gasteiger partial charge in [0.15, 0.2) is 0 Å². The van der Waals surface area contributed by atoms with Gasteiger partial charge in [-0.1, -0.05) is 47.5 Å². The van der Waals surface area contributed by atoms with Crippen LogP contribution < -0.4 is 0 Å². The van der Waals surface area contributed by atoms with Crippen LogP contribution in [0.25, 0.3) is 0 Å². The average Bonchev–Trinajstić information content (AvgIpc) is 2.47. The Bertz CT molecular complexity index is 459. The molecule has 1 rings (SSSR count). The van der Waals surface area contributed by atoms with Crippen LogP contribution in [0.1, 0.15) is 38.2 Å². The molecule has 0 spiro atoms. The summed E-state index contributed by atoms with van der Waals surface area (Å²) in [4.78, 5) is 22.8. The van der Waals surface area contributed by atoms with Crippen molar-refractivity contribution in [3.8, 4) is 0 Å². The Hall–Kier alpha value is -1.36. The van der Waals surface area contributed by atoms with Crippen LogP contribution in [-0.2, 0) is 25.5 Å². The van der Waals surface area contributed by atoms with Crippen LogP contribution >= 0.6 is 15.9 Å². The zero-order valence-corrected chi connectivity index (χ0v) is 13.9. The maximum atomic E-state index is 11.5. The lowest BCUT2D eigenvalue weighted by atomic mass is 10.2. The molecule has 4 nitrogen and oxygen atoms in total. The van der Waals surface area contributed by atoms with Crippen molar-refractivity contribution >= 4 is 27.9 Å². The molecule has 0 aliphatic rings. The first-order valence-electron chi connectivity index (χ1n) is 7.18. The molecule has 0 atom stereocenters. The number of halogens is 1. The number of unbranched alkanes of at least 4 members (excludes halogenated alkanes) is 1. The fourth-order valence-corrected chi connectivity index (χ4v) is 2.14. The molecule has 0 bridgehead atoms. The van der Waals surface area contributed by atoms with Gasteiger partial charge in [0.25, 0.3) is 0 Å². The molecule has 0 saturated heterocycles.